The summed E-state index contributed by atoms with van der Waals surface area (Å²) in [4.78, 5) is 26.8. The number of hydroxylamine groups is 2. The number of hydrogen-bond donors (Lipinski definition) is 1. The van der Waals surface area contributed by atoms with Crippen molar-refractivity contribution >= 4 is 23.5 Å². The Kier molecular flexibility index (Phi) is 7.20. The van der Waals surface area contributed by atoms with Crippen molar-refractivity contribution < 1.29 is 29.0 Å². The fourth-order valence-corrected chi connectivity index (χ4v) is 2.19. The second-order valence-electron chi connectivity index (χ2n) is 5.10. The Morgan fingerprint density at radius 1 is 1.33 bits per heavy atom. The van der Waals surface area contributed by atoms with E-state index in [-0.39, 0.29) is 6.10 Å². The molecular weight excluding hydrogens is 338 g/mol. The zero-order valence-corrected chi connectivity index (χ0v) is 13.6. The van der Waals surface area contributed by atoms with E-state index in [1.54, 1.807) is 12.1 Å². The quantitative estimate of drug-likeness (QED) is 0.744. The number of halogens is 1. The minimum absolute atomic E-state index is 0.234. The molecule has 1 heterocycles. The van der Waals surface area contributed by atoms with Gasteiger partial charge in [0.05, 0.1) is 39.0 Å². The maximum absolute atomic E-state index is 11.5. The minimum atomic E-state index is -1.21. The molecule has 1 atom stereocenters. The van der Waals surface area contributed by atoms with Gasteiger partial charge in [-0.25, -0.2) is 9.59 Å². The Labute approximate surface area is 144 Å². The fourth-order valence-electron chi connectivity index (χ4n) is 2.06. The summed E-state index contributed by atoms with van der Waals surface area (Å²) in [5, 5.41) is 10.6. The highest BCUT2D eigenvalue weighted by Crippen LogP contribution is 2.11. The first-order valence-corrected chi connectivity index (χ1v) is 7.72. The zero-order valence-electron chi connectivity index (χ0n) is 12.9. The number of aliphatic carboxylic acids is 1. The van der Waals surface area contributed by atoms with Gasteiger partial charge in [-0.1, -0.05) is 23.7 Å². The monoisotopic (exact) mass is 355 g/mol. The summed E-state index contributed by atoms with van der Waals surface area (Å²) in [5.41, 5.74) is 0.998. The maximum Gasteiger partial charge on any atom is 0.349 e. The molecule has 0 radical (unpaired) electrons. The highest BCUT2D eigenvalue weighted by atomic mass is 35.5. The van der Waals surface area contributed by atoms with Gasteiger partial charge >= 0.3 is 11.9 Å². The van der Waals surface area contributed by atoms with Crippen molar-refractivity contribution in [3.8, 4) is 0 Å². The molecule has 0 spiro atoms. The Hall–Kier alpha value is -1.93. The molecule has 1 saturated heterocycles. The van der Waals surface area contributed by atoms with Crippen LogP contribution in [-0.2, 0) is 30.5 Å². The number of carboxylic acids is 1. The summed E-state index contributed by atoms with van der Waals surface area (Å²) in [6.45, 7) is 1.94. The number of ether oxygens (including phenoxy) is 2. The van der Waals surface area contributed by atoms with E-state index in [1.165, 1.54) is 5.06 Å². The lowest BCUT2D eigenvalue weighted by atomic mass is 10.2. The largest absolute Gasteiger partial charge is 0.478 e. The topological polar surface area (TPSA) is 85.3 Å². The number of carbonyl (C=O) groups excluding carboxylic acids is 1. The van der Waals surface area contributed by atoms with Crippen LogP contribution in [0.25, 0.3) is 0 Å². The van der Waals surface area contributed by atoms with Crippen LogP contribution in [0, 0.1) is 0 Å². The van der Waals surface area contributed by atoms with E-state index in [4.69, 9.17) is 31.0 Å². The predicted octanol–water partition coefficient (Wildman–Crippen LogP) is 1.66. The van der Waals surface area contributed by atoms with Crippen molar-refractivity contribution in [1.29, 1.82) is 0 Å². The van der Waals surface area contributed by atoms with Crippen LogP contribution in [0.4, 0.5) is 0 Å². The first kappa shape index (κ1) is 18.4. The number of hydrogen-bond acceptors (Lipinski definition) is 6. The number of nitrogens with zero attached hydrogens (tertiary/aromatic N) is 1. The third kappa shape index (κ3) is 6.67. The molecule has 2 rings (SSSR count). The molecule has 8 heteroatoms. The van der Waals surface area contributed by atoms with E-state index in [0.717, 1.165) is 17.7 Å². The Morgan fingerprint density at radius 3 is 2.79 bits per heavy atom. The molecule has 0 saturated carbocycles. The van der Waals surface area contributed by atoms with Gasteiger partial charge in [0, 0.05) is 17.2 Å². The highest BCUT2D eigenvalue weighted by molar-refractivity contribution is 6.30. The molecule has 1 unspecified atom stereocenters. The van der Waals surface area contributed by atoms with Gasteiger partial charge in [0.2, 0.25) is 0 Å². The third-order valence-corrected chi connectivity index (χ3v) is 3.42. The summed E-state index contributed by atoms with van der Waals surface area (Å²) < 4.78 is 11.2. The van der Waals surface area contributed by atoms with Gasteiger partial charge in [-0.15, -0.1) is 5.06 Å². The normalized spacial score (nSPS) is 18.6. The van der Waals surface area contributed by atoms with E-state index in [0.29, 0.717) is 37.9 Å². The molecule has 0 aromatic heterocycles. The molecule has 1 fully saturated rings. The maximum atomic E-state index is 11.5. The fraction of sp³-hybridized carbons (Fsp3) is 0.375. The molecular formula is C16H18ClNO6. The van der Waals surface area contributed by atoms with Crippen molar-refractivity contribution in [2.24, 2.45) is 0 Å². The van der Waals surface area contributed by atoms with E-state index in [2.05, 4.69) is 0 Å². The number of rotatable bonds is 7. The summed E-state index contributed by atoms with van der Waals surface area (Å²) in [6.07, 6.45) is 1.36. The first-order valence-electron chi connectivity index (χ1n) is 7.34. The average molecular weight is 356 g/mol. The second-order valence-corrected chi connectivity index (χ2v) is 5.54. The Bertz CT molecular complexity index is 589. The number of carboxylic acid groups (broad SMARTS) is 1. The molecule has 1 aliphatic heterocycles. The summed E-state index contributed by atoms with van der Waals surface area (Å²) in [7, 11) is 0. The predicted molar refractivity (Wildman–Crippen MR) is 85.3 cm³/mol. The lowest BCUT2D eigenvalue weighted by Gasteiger charge is -2.30. The van der Waals surface area contributed by atoms with Gasteiger partial charge in [-0.3, -0.25) is 0 Å². The summed E-state index contributed by atoms with van der Waals surface area (Å²) in [6, 6.07) is 7.35. The van der Waals surface area contributed by atoms with E-state index >= 15 is 0 Å². The second kappa shape index (κ2) is 9.39. The first-order chi connectivity index (χ1) is 11.5. The van der Waals surface area contributed by atoms with Crippen molar-refractivity contribution in [2.75, 3.05) is 26.3 Å². The van der Waals surface area contributed by atoms with Crippen LogP contribution in [0.1, 0.15) is 5.56 Å². The Morgan fingerprint density at radius 2 is 2.08 bits per heavy atom. The Balaban J connectivity index is 1.71. The molecule has 7 nitrogen and oxygen atoms in total. The third-order valence-electron chi connectivity index (χ3n) is 3.17. The number of morpholine rings is 1. The SMILES string of the molecule is O=C(O)/C=C\C(=O)ON1CCOC(COCc2ccc(Cl)cc2)C1. The van der Waals surface area contributed by atoms with E-state index < -0.39 is 11.9 Å². The van der Waals surface area contributed by atoms with E-state index in [1.807, 2.05) is 12.1 Å². The molecule has 1 aromatic carbocycles. The molecule has 1 aliphatic rings. The summed E-state index contributed by atoms with van der Waals surface area (Å²) >= 11 is 5.82. The number of carbonyl (C=O) groups is 2. The lowest BCUT2D eigenvalue weighted by molar-refractivity contribution is -0.214. The van der Waals surface area contributed by atoms with Crippen LogP contribution in [-0.4, -0.2) is 54.5 Å². The minimum Gasteiger partial charge on any atom is -0.478 e. The average Bonchev–Trinajstić information content (AvgIpc) is 2.55. The van der Waals surface area contributed by atoms with Crippen LogP contribution < -0.4 is 0 Å². The van der Waals surface area contributed by atoms with Crippen LogP contribution in [0.3, 0.4) is 0 Å². The van der Waals surface area contributed by atoms with Crippen molar-refractivity contribution in [3.05, 3.63) is 47.0 Å². The van der Waals surface area contributed by atoms with Crippen LogP contribution in [0.2, 0.25) is 5.02 Å². The smallest absolute Gasteiger partial charge is 0.349 e. The van der Waals surface area contributed by atoms with Crippen LogP contribution in [0.5, 0.6) is 0 Å². The summed E-state index contributed by atoms with van der Waals surface area (Å²) in [5.74, 6) is -1.94. The molecule has 24 heavy (non-hydrogen) atoms. The van der Waals surface area contributed by atoms with Gasteiger partial charge in [0.15, 0.2) is 0 Å². The van der Waals surface area contributed by atoms with Crippen molar-refractivity contribution in [1.82, 2.24) is 5.06 Å². The molecule has 0 bridgehead atoms. The zero-order chi connectivity index (χ0) is 17.4. The molecule has 1 N–H and O–H groups in total. The molecule has 130 valence electrons. The molecule has 1 aromatic rings. The van der Waals surface area contributed by atoms with Gasteiger partial charge < -0.3 is 19.4 Å². The van der Waals surface area contributed by atoms with Gasteiger partial charge in [-0.2, -0.15) is 0 Å². The van der Waals surface area contributed by atoms with Crippen LogP contribution in [0.15, 0.2) is 36.4 Å². The number of benzene rings is 1. The van der Waals surface area contributed by atoms with Crippen molar-refractivity contribution in [3.63, 3.8) is 0 Å². The lowest BCUT2D eigenvalue weighted by Crippen LogP contribution is -2.45. The van der Waals surface area contributed by atoms with Gasteiger partial charge in [0.1, 0.15) is 0 Å². The van der Waals surface area contributed by atoms with Gasteiger partial charge in [0.25, 0.3) is 0 Å². The van der Waals surface area contributed by atoms with Gasteiger partial charge in [-0.05, 0) is 17.7 Å². The highest BCUT2D eigenvalue weighted by Gasteiger charge is 2.23. The molecule has 0 amide bonds. The van der Waals surface area contributed by atoms with E-state index in [9.17, 15) is 9.59 Å². The van der Waals surface area contributed by atoms with Crippen LogP contribution >= 0.6 is 11.6 Å². The standard InChI is InChI=1S/C16H18ClNO6/c17-13-3-1-12(2-4-13)10-22-11-14-9-18(7-8-23-14)24-16(21)6-5-15(19)20/h1-6,14H,7-11H2,(H,19,20)/b6-5-. The molecule has 0 aliphatic carbocycles. The van der Waals surface area contributed by atoms with Crippen molar-refractivity contribution in [2.45, 2.75) is 12.7 Å².